The van der Waals surface area contributed by atoms with Crippen LogP contribution in [0.5, 0.6) is 0 Å². The van der Waals surface area contributed by atoms with Crippen molar-refractivity contribution in [3.63, 3.8) is 0 Å². The van der Waals surface area contributed by atoms with Gasteiger partial charge in [0.15, 0.2) is 5.76 Å². The Labute approximate surface area is 166 Å². The number of halogens is 1. The average molecular weight is 418 g/mol. The molecule has 0 spiro atoms. The first kappa shape index (κ1) is 19.2. The van der Waals surface area contributed by atoms with Crippen LogP contribution in [0.25, 0.3) is 11.5 Å². The summed E-state index contributed by atoms with van der Waals surface area (Å²) in [6.45, 7) is 2.88. The third-order valence-electron chi connectivity index (χ3n) is 4.77. The number of aromatic amines is 1. The maximum absolute atomic E-state index is 13.0. The Morgan fingerprint density at radius 3 is 2.62 bits per heavy atom. The molecule has 0 atom stereocenters. The van der Waals surface area contributed by atoms with Crippen LogP contribution in [-0.4, -0.2) is 42.5 Å². The first-order valence-electron chi connectivity index (χ1n) is 9.07. The fourth-order valence-electron chi connectivity index (χ4n) is 3.31. The van der Waals surface area contributed by atoms with Gasteiger partial charge in [-0.1, -0.05) is 0 Å². The predicted molar refractivity (Wildman–Crippen MR) is 103 cm³/mol. The molecule has 1 aliphatic heterocycles. The molecule has 4 rings (SSSR count). The molecule has 2 N–H and O–H groups in total. The van der Waals surface area contributed by atoms with E-state index in [4.69, 9.17) is 4.42 Å². The molecule has 0 aliphatic carbocycles. The van der Waals surface area contributed by atoms with Crippen molar-refractivity contribution in [1.29, 1.82) is 0 Å². The molecule has 1 amide bonds. The van der Waals surface area contributed by atoms with Crippen molar-refractivity contribution in [3.8, 4) is 11.5 Å². The van der Waals surface area contributed by atoms with Crippen molar-refractivity contribution in [1.82, 2.24) is 15.1 Å². The van der Waals surface area contributed by atoms with E-state index in [1.165, 1.54) is 31.3 Å². The normalized spacial score (nSPS) is 14.3. The Kier molecular flexibility index (Phi) is 4.87. The van der Waals surface area contributed by atoms with Crippen molar-refractivity contribution in [2.45, 2.75) is 24.7 Å². The number of amides is 1. The number of H-pyrrole nitrogens is 1. The number of nitrogens with zero attached hydrogens (tertiary/aromatic N) is 2. The first-order valence-corrected chi connectivity index (χ1v) is 10.6. The zero-order valence-electron chi connectivity index (χ0n) is 15.6. The first-order chi connectivity index (χ1) is 13.8. The van der Waals surface area contributed by atoms with E-state index in [9.17, 15) is 17.6 Å². The van der Waals surface area contributed by atoms with Crippen LogP contribution in [0.3, 0.4) is 0 Å². The largest absolute Gasteiger partial charge is 0.458 e. The smallest absolute Gasteiger partial charge is 0.265 e. The maximum Gasteiger partial charge on any atom is 0.265 e. The second-order valence-electron chi connectivity index (χ2n) is 6.80. The van der Waals surface area contributed by atoms with Crippen molar-refractivity contribution in [3.05, 3.63) is 53.7 Å². The standard InChI is InChI=1S/C19H19FN4O4S/c1-12-17(29(26,27)23-14-6-4-13(20)5-7-14)10-16(28-12)18-15(11-21-22-18)19(25)24-8-2-3-9-24/h4-7,10-11,23H,2-3,8-9H2,1H3,(H,21,22). The number of furan rings is 1. The number of hydrogen-bond donors (Lipinski definition) is 2. The monoisotopic (exact) mass is 418 g/mol. The Hall–Kier alpha value is -3.14. The second-order valence-corrected chi connectivity index (χ2v) is 8.45. The van der Waals surface area contributed by atoms with Gasteiger partial charge in [0.05, 0.1) is 11.8 Å². The Morgan fingerprint density at radius 1 is 1.24 bits per heavy atom. The number of carbonyl (C=O) groups is 1. The summed E-state index contributed by atoms with van der Waals surface area (Å²) in [6, 6.07) is 6.31. The molecule has 0 unspecified atom stereocenters. The molecule has 8 nitrogen and oxygen atoms in total. The molecule has 1 aromatic carbocycles. The zero-order valence-corrected chi connectivity index (χ0v) is 16.4. The summed E-state index contributed by atoms with van der Waals surface area (Å²) in [6.07, 6.45) is 3.32. The van der Waals surface area contributed by atoms with Crippen LogP contribution in [0.1, 0.15) is 29.0 Å². The number of rotatable bonds is 5. The maximum atomic E-state index is 13.0. The van der Waals surface area contributed by atoms with Gasteiger partial charge < -0.3 is 9.32 Å². The van der Waals surface area contributed by atoms with E-state index in [1.807, 2.05) is 0 Å². The minimum absolute atomic E-state index is 0.0778. The topological polar surface area (TPSA) is 108 Å². The average Bonchev–Trinajstić information content (AvgIpc) is 3.43. The number of sulfonamides is 1. The van der Waals surface area contributed by atoms with E-state index < -0.39 is 15.8 Å². The quantitative estimate of drug-likeness (QED) is 0.662. The summed E-state index contributed by atoms with van der Waals surface area (Å²) in [5.41, 5.74) is 0.879. The Balaban J connectivity index is 1.64. The summed E-state index contributed by atoms with van der Waals surface area (Å²) in [5, 5.41) is 6.66. The van der Waals surface area contributed by atoms with Crippen LogP contribution < -0.4 is 4.72 Å². The second kappa shape index (κ2) is 7.36. The van der Waals surface area contributed by atoms with Gasteiger partial charge in [0.1, 0.15) is 22.2 Å². The van der Waals surface area contributed by atoms with Gasteiger partial charge in [-0.3, -0.25) is 14.6 Å². The van der Waals surface area contributed by atoms with Crippen LogP contribution in [0.4, 0.5) is 10.1 Å². The minimum atomic E-state index is -3.97. The van der Waals surface area contributed by atoms with Gasteiger partial charge in [-0.15, -0.1) is 0 Å². The van der Waals surface area contributed by atoms with Gasteiger partial charge >= 0.3 is 0 Å². The molecule has 29 heavy (non-hydrogen) atoms. The lowest BCUT2D eigenvalue weighted by atomic mass is 10.2. The highest BCUT2D eigenvalue weighted by Crippen LogP contribution is 2.31. The lowest BCUT2D eigenvalue weighted by Crippen LogP contribution is -2.27. The van der Waals surface area contributed by atoms with Crippen LogP contribution in [0.15, 0.2) is 45.8 Å². The highest BCUT2D eigenvalue weighted by atomic mass is 32.2. The highest BCUT2D eigenvalue weighted by molar-refractivity contribution is 7.92. The van der Waals surface area contributed by atoms with Gasteiger partial charge in [0.2, 0.25) is 0 Å². The lowest BCUT2D eigenvalue weighted by Gasteiger charge is -2.14. The van der Waals surface area contributed by atoms with E-state index in [0.717, 1.165) is 25.0 Å². The molecular formula is C19H19FN4O4S. The van der Waals surface area contributed by atoms with E-state index in [2.05, 4.69) is 14.9 Å². The number of anilines is 1. The molecular weight excluding hydrogens is 399 g/mol. The summed E-state index contributed by atoms with van der Waals surface area (Å²) >= 11 is 0. The molecule has 1 aliphatic rings. The SMILES string of the molecule is Cc1oc(-c2[nH]ncc2C(=O)N2CCCC2)cc1S(=O)(=O)Nc1ccc(F)cc1. The predicted octanol–water partition coefficient (Wildman–Crippen LogP) is 3.15. The van der Waals surface area contributed by atoms with Gasteiger partial charge in [0.25, 0.3) is 15.9 Å². The summed E-state index contributed by atoms with van der Waals surface area (Å²) < 4.78 is 46.6. The van der Waals surface area contributed by atoms with Crippen LogP contribution in [-0.2, 0) is 10.0 Å². The van der Waals surface area contributed by atoms with Crippen molar-refractivity contribution in [2.75, 3.05) is 17.8 Å². The molecule has 1 fully saturated rings. The summed E-state index contributed by atoms with van der Waals surface area (Å²) in [5.74, 6) is -0.288. The number of hydrogen-bond acceptors (Lipinski definition) is 5. The van der Waals surface area contributed by atoms with Crippen LogP contribution >= 0.6 is 0 Å². The van der Waals surface area contributed by atoms with E-state index >= 15 is 0 Å². The van der Waals surface area contributed by atoms with Gasteiger partial charge in [0, 0.05) is 24.8 Å². The third kappa shape index (κ3) is 3.75. The van der Waals surface area contributed by atoms with Crippen molar-refractivity contribution in [2.24, 2.45) is 0 Å². The number of benzene rings is 1. The fraction of sp³-hybridized carbons (Fsp3) is 0.263. The molecule has 1 saturated heterocycles. The molecule has 0 bridgehead atoms. The molecule has 3 aromatic rings. The van der Waals surface area contributed by atoms with Gasteiger partial charge in [-0.2, -0.15) is 5.10 Å². The lowest BCUT2D eigenvalue weighted by molar-refractivity contribution is 0.0793. The van der Waals surface area contributed by atoms with Crippen molar-refractivity contribution >= 4 is 21.6 Å². The summed E-state index contributed by atoms with van der Waals surface area (Å²) in [4.78, 5) is 14.4. The van der Waals surface area contributed by atoms with Gasteiger partial charge in [-0.25, -0.2) is 12.8 Å². The Bertz CT molecular complexity index is 1150. The number of aromatic nitrogens is 2. The van der Waals surface area contributed by atoms with Crippen LogP contribution in [0.2, 0.25) is 0 Å². The Morgan fingerprint density at radius 2 is 1.93 bits per heavy atom. The van der Waals surface area contributed by atoms with Crippen molar-refractivity contribution < 1.29 is 22.0 Å². The molecule has 3 heterocycles. The number of carbonyl (C=O) groups excluding carboxylic acids is 1. The summed E-state index contributed by atoms with van der Waals surface area (Å²) in [7, 11) is -3.97. The molecule has 152 valence electrons. The fourth-order valence-corrected chi connectivity index (χ4v) is 4.55. The van der Waals surface area contributed by atoms with Gasteiger partial charge in [-0.05, 0) is 44.0 Å². The molecule has 0 saturated carbocycles. The molecule has 0 radical (unpaired) electrons. The zero-order chi connectivity index (χ0) is 20.6. The molecule has 10 heteroatoms. The highest BCUT2D eigenvalue weighted by Gasteiger charge is 2.28. The van der Waals surface area contributed by atoms with Crippen LogP contribution in [0, 0.1) is 12.7 Å². The minimum Gasteiger partial charge on any atom is -0.458 e. The molecule has 2 aromatic heterocycles. The number of likely N-dealkylation sites (tertiary alicyclic amines) is 1. The third-order valence-corrected chi connectivity index (χ3v) is 6.26. The number of nitrogens with one attached hydrogen (secondary N) is 2. The van der Waals surface area contributed by atoms with E-state index in [-0.39, 0.29) is 28.0 Å². The van der Waals surface area contributed by atoms with E-state index in [0.29, 0.717) is 24.3 Å². The number of aryl methyl sites for hydroxylation is 1. The van der Waals surface area contributed by atoms with E-state index in [1.54, 1.807) is 4.90 Å².